The van der Waals surface area contributed by atoms with E-state index in [1.54, 1.807) is 23.9 Å². The van der Waals surface area contributed by atoms with Gasteiger partial charge in [0.1, 0.15) is 5.82 Å². The van der Waals surface area contributed by atoms with Crippen LogP contribution in [0.5, 0.6) is 0 Å². The van der Waals surface area contributed by atoms with E-state index >= 15 is 0 Å². The van der Waals surface area contributed by atoms with Crippen molar-refractivity contribution < 1.29 is 9.90 Å². The van der Waals surface area contributed by atoms with Gasteiger partial charge in [0, 0.05) is 18.7 Å². The molecule has 1 heterocycles. The van der Waals surface area contributed by atoms with Crippen LogP contribution in [-0.2, 0) is 13.0 Å². The van der Waals surface area contributed by atoms with Gasteiger partial charge in [-0.2, -0.15) is 11.8 Å². The molecule has 1 aromatic carbocycles. The fourth-order valence-corrected chi connectivity index (χ4v) is 2.61. The summed E-state index contributed by atoms with van der Waals surface area (Å²) in [5, 5.41) is 9.33. The third-order valence-electron chi connectivity index (χ3n) is 3.07. The zero-order valence-corrected chi connectivity index (χ0v) is 12.0. The number of thioether (sulfide) groups is 1. The lowest BCUT2D eigenvalue weighted by Crippen LogP contribution is -2.08. The maximum absolute atomic E-state index is 11.4. The standard InChI is InChI=1S/C14H18N2O2S/c1-3-5-12-15-11-7-4-6-10(14(17)18)13(11)16(12)8-9-19-2/h4,6-7H,3,5,8-9H2,1-2H3,(H,17,18). The van der Waals surface area contributed by atoms with Crippen molar-refractivity contribution in [2.45, 2.75) is 26.3 Å². The van der Waals surface area contributed by atoms with E-state index < -0.39 is 5.97 Å². The van der Waals surface area contributed by atoms with Crippen molar-refractivity contribution in [1.29, 1.82) is 0 Å². The summed E-state index contributed by atoms with van der Waals surface area (Å²) in [7, 11) is 0. The number of carbonyl (C=O) groups is 1. The van der Waals surface area contributed by atoms with E-state index in [0.717, 1.165) is 42.0 Å². The molecule has 0 atom stereocenters. The summed E-state index contributed by atoms with van der Waals surface area (Å²) in [4.78, 5) is 16.0. The summed E-state index contributed by atoms with van der Waals surface area (Å²) in [6.45, 7) is 2.91. The van der Waals surface area contributed by atoms with Crippen molar-refractivity contribution in [2.75, 3.05) is 12.0 Å². The molecule has 0 amide bonds. The Bertz CT molecular complexity index is 592. The first-order chi connectivity index (χ1) is 9.19. The van der Waals surface area contributed by atoms with E-state index in [2.05, 4.69) is 22.7 Å². The summed E-state index contributed by atoms with van der Waals surface area (Å²) in [5.74, 6) is 1.05. The van der Waals surface area contributed by atoms with E-state index in [1.807, 2.05) is 6.07 Å². The van der Waals surface area contributed by atoms with Crippen LogP contribution < -0.4 is 0 Å². The first-order valence-corrected chi connectivity index (χ1v) is 7.78. The van der Waals surface area contributed by atoms with E-state index in [4.69, 9.17) is 0 Å². The van der Waals surface area contributed by atoms with Crippen LogP contribution in [-0.4, -0.2) is 32.6 Å². The number of carboxylic acid groups (broad SMARTS) is 1. The highest BCUT2D eigenvalue weighted by atomic mass is 32.2. The highest BCUT2D eigenvalue weighted by Crippen LogP contribution is 2.22. The molecule has 102 valence electrons. The maximum atomic E-state index is 11.4. The molecule has 1 N–H and O–H groups in total. The number of imidazole rings is 1. The molecule has 2 aromatic rings. The Balaban J connectivity index is 2.62. The summed E-state index contributed by atoms with van der Waals surface area (Å²) in [5.41, 5.74) is 1.88. The van der Waals surface area contributed by atoms with Gasteiger partial charge >= 0.3 is 5.97 Å². The number of para-hydroxylation sites is 1. The van der Waals surface area contributed by atoms with Crippen LogP contribution in [0.15, 0.2) is 18.2 Å². The summed E-state index contributed by atoms with van der Waals surface area (Å²) < 4.78 is 2.07. The number of carboxylic acids is 1. The van der Waals surface area contributed by atoms with Crippen molar-refractivity contribution in [3.05, 3.63) is 29.6 Å². The third kappa shape index (κ3) is 2.76. The first-order valence-electron chi connectivity index (χ1n) is 6.39. The SMILES string of the molecule is CCCc1nc2cccc(C(=O)O)c2n1CCSC. The Morgan fingerprint density at radius 1 is 1.47 bits per heavy atom. The molecule has 0 saturated carbocycles. The predicted molar refractivity (Wildman–Crippen MR) is 79.1 cm³/mol. The number of hydrogen-bond acceptors (Lipinski definition) is 3. The molecule has 2 rings (SSSR count). The van der Waals surface area contributed by atoms with Crippen LogP contribution in [0.4, 0.5) is 0 Å². The lowest BCUT2D eigenvalue weighted by Gasteiger charge is -2.09. The molecule has 0 aliphatic heterocycles. The van der Waals surface area contributed by atoms with Gasteiger partial charge in [0.05, 0.1) is 16.6 Å². The topological polar surface area (TPSA) is 55.1 Å². The van der Waals surface area contributed by atoms with Gasteiger partial charge in [-0.1, -0.05) is 13.0 Å². The number of nitrogens with zero attached hydrogens (tertiary/aromatic N) is 2. The lowest BCUT2D eigenvalue weighted by atomic mass is 10.2. The van der Waals surface area contributed by atoms with Gasteiger partial charge in [-0.3, -0.25) is 0 Å². The summed E-state index contributed by atoms with van der Waals surface area (Å²) in [6, 6.07) is 5.29. The van der Waals surface area contributed by atoms with Crippen molar-refractivity contribution in [2.24, 2.45) is 0 Å². The second-order valence-corrected chi connectivity index (χ2v) is 5.39. The number of fused-ring (bicyclic) bond motifs is 1. The number of aromatic nitrogens is 2. The summed E-state index contributed by atoms with van der Waals surface area (Å²) in [6.07, 6.45) is 3.93. The van der Waals surface area contributed by atoms with Crippen molar-refractivity contribution in [3.8, 4) is 0 Å². The smallest absolute Gasteiger partial charge is 0.337 e. The monoisotopic (exact) mass is 278 g/mol. The van der Waals surface area contributed by atoms with Crippen LogP contribution in [0.1, 0.15) is 29.5 Å². The number of aryl methyl sites for hydroxylation is 2. The van der Waals surface area contributed by atoms with E-state index in [9.17, 15) is 9.90 Å². The van der Waals surface area contributed by atoms with Gasteiger partial charge in [0.25, 0.3) is 0 Å². The minimum absolute atomic E-state index is 0.341. The molecule has 4 nitrogen and oxygen atoms in total. The third-order valence-corrected chi connectivity index (χ3v) is 3.66. The molecule has 0 saturated heterocycles. The molecule has 0 bridgehead atoms. The lowest BCUT2D eigenvalue weighted by molar-refractivity contribution is 0.0698. The number of hydrogen-bond donors (Lipinski definition) is 1. The quantitative estimate of drug-likeness (QED) is 0.882. The van der Waals surface area contributed by atoms with Gasteiger partial charge in [0.2, 0.25) is 0 Å². The van der Waals surface area contributed by atoms with Crippen LogP contribution in [0.25, 0.3) is 11.0 Å². The van der Waals surface area contributed by atoms with Gasteiger partial charge in [0.15, 0.2) is 0 Å². The Morgan fingerprint density at radius 2 is 2.26 bits per heavy atom. The van der Waals surface area contributed by atoms with Crippen LogP contribution in [0.2, 0.25) is 0 Å². The van der Waals surface area contributed by atoms with Crippen molar-refractivity contribution in [3.63, 3.8) is 0 Å². The molecule has 5 heteroatoms. The normalized spacial score (nSPS) is 11.1. The van der Waals surface area contributed by atoms with Crippen LogP contribution >= 0.6 is 11.8 Å². The van der Waals surface area contributed by atoms with Gasteiger partial charge in [-0.15, -0.1) is 0 Å². The van der Waals surface area contributed by atoms with Crippen LogP contribution in [0, 0.1) is 0 Å². The van der Waals surface area contributed by atoms with Gasteiger partial charge in [-0.25, -0.2) is 9.78 Å². The average Bonchev–Trinajstić information content (AvgIpc) is 2.74. The Hall–Kier alpha value is -1.49. The largest absolute Gasteiger partial charge is 0.478 e. The Labute approximate surface area is 116 Å². The zero-order chi connectivity index (χ0) is 13.8. The van der Waals surface area contributed by atoms with Crippen molar-refractivity contribution in [1.82, 2.24) is 9.55 Å². The molecule has 0 aliphatic rings. The first kappa shape index (κ1) is 13.9. The number of aromatic carboxylic acids is 1. The second-order valence-electron chi connectivity index (χ2n) is 4.40. The minimum Gasteiger partial charge on any atom is -0.478 e. The highest BCUT2D eigenvalue weighted by Gasteiger charge is 2.16. The Morgan fingerprint density at radius 3 is 2.89 bits per heavy atom. The number of benzene rings is 1. The second kappa shape index (κ2) is 6.10. The molecular formula is C14H18N2O2S. The van der Waals surface area contributed by atoms with E-state index in [0.29, 0.717) is 5.56 Å². The summed E-state index contributed by atoms with van der Waals surface area (Å²) >= 11 is 1.75. The fraction of sp³-hybridized carbons (Fsp3) is 0.429. The molecule has 0 fully saturated rings. The van der Waals surface area contributed by atoms with Crippen LogP contribution in [0.3, 0.4) is 0 Å². The van der Waals surface area contributed by atoms with Crippen molar-refractivity contribution >= 4 is 28.8 Å². The molecular weight excluding hydrogens is 260 g/mol. The average molecular weight is 278 g/mol. The van der Waals surface area contributed by atoms with Gasteiger partial charge < -0.3 is 9.67 Å². The molecule has 0 aliphatic carbocycles. The number of rotatable bonds is 6. The fourth-order valence-electron chi connectivity index (χ4n) is 2.24. The highest BCUT2D eigenvalue weighted by molar-refractivity contribution is 7.98. The molecule has 1 aromatic heterocycles. The van der Waals surface area contributed by atoms with E-state index in [1.165, 1.54) is 0 Å². The molecule has 0 spiro atoms. The van der Waals surface area contributed by atoms with Gasteiger partial charge in [-0.05, 0) is 24.8 Å². The predicted octanol–water partition coefficient (Wildman–Crippen LogP) is 3.05. The Kier molecular flexibility index (Phi) is 4.47. The minimum atomic E-state index is -0.890. The van der Waals surface area contributed by atoms with E-state index in [-0.39, 0.29) is 0 Å². The molecule has 0 radical (unpaired) electrons. The zero-order valence-electron chi connectivity index (χ0n) is 11.2. The maximum Gasteiger partial charge on any atom is 0.337 e. The molecule has 19 heavy (non-hydrogen) atoms. The molecule has 0 unspecified atom stereocenters.